The molecule has 4 heterocycles. The van der Waals surface area contributed by atoms with Gasteiger partial charge >= 0.3 is 5.97 Å². The maximum atomic E-state index is 13.4. The summed E-state index contributed by atoms with van der Waals surface area (Å²) in [6.45, 7) is 3.31. The van der Waals surface area contributed by atoms with Crippen molar-refractivity contribution in [1.29, 1.82) is 0 Å². The van der Waals surface area contributed by atoms with Crippen LogP contribution in [0.5, 0.6) is 0 Å². The molecule has 0 unspecified atom stereocenters. The highest BCUT2D eigenvalue weighted by Gasteiger charge is 2.41. The summed E-state index contributed by atoms with van der Waals surface area (Å²) in [7, 11) is 0. The molecule has 35 heavy (non-hydrogen) atoms. The van der Waals surface area contributed by atoms with Crippen LogP contribution in [-0.4, -0.2) is 41.2 Å². The first-order chi connectivity index (χ1) is 17.1. The molecular formula is C26H27N3O4S2. The first-order valence-corrected chi connectivity index (χ1v) is 13.4. The highest BCUT2D eigenvalue weighted by atomic mass is 32.2. The molecule has 0 radical (unpaired) electrons. The molecule has 5 rings (SSSR count). The quantitative estimate of drug-likeness (QED) is 0.517. The Balaban J connectivity index is 1.35. The predicted octanol–water partition coefficient (Wildman–Crippen LogP) is 4.75. The van der Waals surface area contributed by atoms with Gasteiger partial charge in [0.2, 0.25) is 5.91 Å². The van der Waals surface area contributed by atoms with Crippen molar-refractivity contribution in [3.05, 3.63) is 80.7 Å². The van der Waals surface area contributed by atoms with E-state index >= 15 is 0 Å². The van der Waals surface area contributed by atoms with Crippen LogP contribution < -0.4 is 5.32 Å². The summed E-state index contributed by atoms with van der Waals surface area (Å²) < 4.78 is 11.3. The molecule has 0 spiro atoms. The fourth-order valence-corrected chi connectivity index (χ4v) is 6.20. The minimum atomic E-state index is -0.397. The van der Waals surface area contributed by atoms with E-state index < -0.39 is 12.0 Å². The number of nitrogens with zero attached hydrogens (tertiary/aromatic N) is 2. The second kappa shape index (κ2) is 10.8. The predicted molar refractivity (Wildman–Crippen MR) is 138 cm³/mol. The second-order valence-electron chi connectivity index (χ2n) is 8.59. The lowest BCUT2D eigenvalue weighted by molar-refractivity contribution is -0.141. The normalized spacial score (nSPS) is 21.5. The number of hydrogen-bond donors (Lipinski definition) is 1. The molecule has 3 aliphatic rings. The fraction of sp³-hybridized carbons (Fsp3) is 0.346. The first kappa shape index (κ1) is 23.8. The van der Waals surface area contributed by atoms with Crippen molar-refractivity contribution in [1.82, 2.24) is 10.2 Å². The second-order valence-corrected chi connectivity index (χ2v) is 10.4. The van der Waals surface area contributed by atoms with Gasteiger partial charge in [0.05, 0.1) is 23.8 Å². The summed E-state index contributed by atoms with van der Waals surface area (Å²) in [5.41, 5.74) is 2.88. The molecule has 1 amide bonds. The van der Waals surface area contributed by atoms with E-state index in [1.54, 1.807) is 11.3 Å². The highest BCUT2D eigenvalue weighted by molar-refractivity contribution is 8.16. The number of carbonyl (C=O) groups excluding carboxylic acids is 2. The minimum absolute atomic E-state index is 0.0713. The zero-order chi connectivity index (χ0) is 24.2. The molecule has 0 bridgehead atoms. The number of esters is 1. The van der Waals surface area contributed by atoms with Crippen LogP contribution in [0.15, 0.2) is 75.2 Å². The van der Waals surface area contributed by atoms with Crippen molar-refractivity contribution in [2.75, 3.05) is 13.2 Å². The highest BCUT2D eigenvalue weighted by Crippen LogP contribution is 2.45. The van der Waals surface area contributed by atoms with Crippen LogP contribution in [0, 0.1) is 0 Å². The summed E-state index contributed by atoms with van der Waals surface area (Å²) in [5.74, 6) is -0.468. The molecule has 182 valence electrons. The Morgan fingerprint density at radius 1 is 1.23 bits per heavy atom. The largest absolute Gasteiger partial charge is 0.457 e. The average molecular weight is 510 g/mol. The Morgan fingerprint density at radius 2 is 2.09 bits per heavy atom. The topological polar surface area (TPSA) is 80.2 Å². The number of allylic oxidation sites excluding steroid dienone is 1. The number of rotatable bonds is 8. The minimum Gasteiger partial charge on any atom is -0.457 e. The van der Waals surface area contributed by atoms with Gasteiger partial charge in [-0.2, -0.15) is 0 Å². The summed E-state index contributed by atoms with van der Waals surface area (Å²) >= 11 is 3.05. The van der Waals surface area contributed by atoms with Crippen LogP contribution in [-0.2, 0) is 25.7 Å². The number of thiophene rings is 1. The summed E-state index contributed by atoms with van der Waals surface area (Å²) in [6, 6.07) is 13.2. The third kappa shape index (κ3) is 5.37. The number of ether oxygens (including phenoxy) is 2. The van der Waals surface area contributed by atoms with E-state index in [1.807, 2.05) is 65.1 Å². The molecule has 0 aliphatic carbocycles. The van der Waals surface area contributed by atoms with Gasteiger partial charge in [-0.05, 0) is 42.2 Å². The zero-order valence-corrected chi connectivity index (χ0v) is 21.1. The van der Waals surface area contributed by atoms with E-state index in [9.17, 15) is 9.59 Å². The van der Waals surface area contributed by atoms with Gasteiger partial charge in [-0.1, -0.05) is 48.2 Å². The van der Waals surface area contributed by atoms with E-state index in [0.29, 0.717) is 17.8 Å². The van der Waals surface area contributed by atoms with Crippen molar-refractivity contribution in [2.45, 2.75) is 44.9 Å². The van der Waals surface area contributed by atoms with Crippen molar-refractivity contribution in [3.8, 4) is 0 Å². The van der Waals surface area contributed by atoms with Gasteiger partial charge < -0.3 is 19.7 Å². The molecule has 0 saturated carbocycles. The Morgan fingerprint density at radius 3 is 2.83 bits per heavy atom. The van der Waals surface area contributed by atoms with Crippen molar-refractivity contribution in [3.63, 3.8) is 0 Å². The molecular weight excluding hydrogens is 482 g/mol. The Kier molecular flexibility index (Phi) is 7.36. The lowest BCUT2D eigenvalue weighted by Gasteiger charge is -2.35. The van der Waals surface area contributed by atoms with Crippen LogP contribution >= 0.6 is 23.1 Å². The standard InChI is InChI=1S/C26H27N3O4S2/c1-17-23(25(31)33-15-18-7-3-2-4-8-18)24(21-10-6-12-34-21)29-19(16-35-26(29)28-17)13-22(30)27-14-20-9-5-11-32-20/h2-4,6-8,10,12,16,20,24H,5,9,11,13-15H2,1H3,(H,27,30)/t20-,24-/m1/s1. The molecule has 2 aromatic rings. The zero-order valence-electron chi connectivity index (χ0n) is 19.4. The molecule has 7 nitrogen and oxygen atoms in total. The van der Waals surface area contributed by atoms with Crippen LogP contribution in [0.4, 0.5) is 0 Å². The van der Waals surface area contributed by atoms with Gasteiger partial charge in [0.15, 0.2) is 5.17 Å². The van der Waals surface area contributed by atoms with E-state index in [2.05, 4.69) is 5.32 Å². The lowest BCUT2D eigenvalue weighted by Crippen LogP contribution is -2.38. The number of benzene rings is 1. The molecule has 1 N–H and O–H groups in total. The van der Waals surface area contributed by atoms with Crippen LogP contribution in [0.2, 0.25) is 0 Å². The third-order valence-electron chi connectivity index (χ3n) is 6.14. The molecule has 9 heteroatoms. The average Bonchev–Trinajstić information content (AvgIpc) is 3.64. The molecule has 2 atom stereocenters. The number of hydrogen-bond acceptors (Lipinski definition) is 8. The molecule has 1 fully saturated rings. The number of amidine groups is 1. The van der Waals surface area contributed by atoms with E-state index in [1.165, 1.54) is 11.8 Å². The van der Waals surface area contributed by atoms with Gasteiger partial charge in [-0.3, -0.25) is 4.79 Å². The molecule has 1 aromatic carbocycles. The summed E-state index contributed by atoms with van der Waals surface area (Å²) in [4.78, 5) is 33.9. The number of fused-ring (bicyclic) bond motifs is 1. The maximum Gasteiger partial charge on any atom is 0.338 e. The summed E-state index contributed by atoms with van der Waals surface area (Å²) in [5, 5.41) is 7.71. The van der Waals surface area contributed by atoms with Gasteiger partial charge in [0.25, 0.3) is 0 Å². The van der Waals surface area contributed by atoms with Gasteiger partial charge in [0, 0.05) is 23.7 Å². The van der Waals surface area contributed by atoms with Crippen molar-refractivity contribution in [2.24, 2.45) is 4.99 Å². The smallest absolute Gasteiger partial charge is 0.338 e. The van der Waals surface area contributed by atoms with Crippen LogP contribution in [0.25, 0.3) is 0 Å². The number of carbonyl (C=O) groups is 2. The van der Waals surface area contributed by atoms with Gasteiger partial charge in [-0.15, -0.1) is 11.3 Å². The monoisotopic (exact) mass is 509 g/mol. The fourth-order valence-electron chi connectivity index (χ4n) is 4.41. The molecule has 1 saturated heterocycles. The summed E-state index contributed by atoms with van der Waals surface area (Å²) in [6.07, 6.45) is 2.30. The SMILES string of the molecule is CC1=C(C(=O)OCc2ccccc2)[C@@H](c2cccs2)N2C(CC(=O)NC[C@H]3CCCO3)=CSC2=N1. The Hall–Kier alpha value is -2.88. The number of amides is 1. The van der Waals surface area contributed by atoms with E-state index in [-0.39, 0.29) is 25.0 Å². The van der Waals surface area contributed by atoms with E-state index in [4.69, 9.17) is 14.5 Å². The first-order valence-electron chi connectivity index (χ1n) is 11.7. The van der Waals surface area contributed by atoms with Crippen LogP contribution in [0.3, 0.4) is 0 Å². The third-order valence-corrected chi connectivity index (χ3v) is 7.95. The maximum absolute atomic E-state index is 13.4. The Labute approximate surface area is 212 Å². The molecule has 1 aromatic heterocycles. The number of aliphatic imine (C=N–C) groups is 1. The van der Waals surface area contributed by atoms with E-state index in [0.717, 1.165) is 40.8 Å². The number of nitrogens with one attached hydrogen (secondary N) is 1. The lowest BCUT2D eigenvalue weighted by atomic mass is 9.99. The Bertz CT molecular complexity index is 1170. The molecule has 3 aliphatic heterocycles. The van der Waals surface area contributed by atoms with Crippen LogP contribution in [0.1, 0.15) is 42.7 Å². The number of thioether (sulfide) groups is 1. The van der Waals surface area contributed by atoms with Crippen molar-refractivity contribution < 1.29 is 19.1 Å². The van der Waals surface area contributed by atoms with Crippen molar-refractivity contribution >= 4 is 40.1 Å². The van der Waals surface area contributed by atoms with Gasteiger partial charge in [-0.25, -0.2) is 9.79 Å². The van der Waals surface area contributed by atoms with Gasteiger partial charge in [0.1, 0.15) is 12.6 Å².